The van der Waals surface area contributed by atoms with E-state index < -0.39 is 0 Å². The van der Waals surface area contributed by atoms with E-state index in [4.69, 9.17) is 0 Å². The maximum Gasteiger partial charge on any atom is 0.215 e. The third-order valence-corrected chi connectivity index (χ3v) is 10.1. The summed E-state index contributed by atoms with van der Waals surface area (Å²) in [7, 11) is 0. The molecule has 1 aliphatic rings. The van der Waals surface area contributed by atoms with Gasteiger partial charge in [-0.3, -0.25) is 19.2 Å². The van der Waals surface area contributed by atoms with Gasteiger partial charge < -0.3 is 0 Å². The lowest BCUT2D eigenvalue weighted by Crippen LogP contribution is -2.36. The molecular formula is C35H24N2O4S2. The van der Waals surface area contributed by atoms with Crippen molar-refractivity contribution in [2.75, 3.05) is 0 Å². The van der Waals surface area contributed by atoms with Crippen LogP contribution in [0.5, 0.6) is 0 Å². The Kier molecular flexibility index (Phi) is 6.30. The molecule has 0 aliphatic heterocycles. The topological polar surface area (TPSA) is 93.0 Å². The Morgan fingerprint density at radius 3 is 1.21 bits per heavy atom. The van der Waals surface area contributed by atoms with E-state index in [9.17, 15) is 19.2 Å². The third-order valence-electron chi connectivity index (χ3n) is 8.15. The molecule has 0 unspecified atom stereocenters. The lowest BCUT2D eigenvalue weighted by atomic mass is 10.0. The molecule has 6 aromatic rings. The van der Waals surface area contributed by atoms with Crippen LogP contribution in [0.15, 0.2) is 65.6 Å². The maximum atomic E-state index is 12.8. The molecule has 0 saturated heterocycles. The van der Waals surface area contributed by atoms with Gasteiger partial charge >= 0.3 is 0 Å². The van der Waals surface area contributed by atoms with Gasteiger partial charge in [-0.1, -0.05) is 24.3 Å². The molecule has 4 aromatic carbocycles. The van der Waals surface area contributed by atoms with Crippen molar-refractivity contribution in [1.82, 2.24) is 0 Å². The fourth-order valence-electron chi connectivity index (χ4n) is 6.13. The smallest absolute Gasteiger partial charge is 0.215 e. The summed E-state index contributed by atoms with van der Waals surface area (Å²) in [6, 6.07) is 12.5. The van der Waals surface area contributed by atoms with Crippen LogP contribution < -0.4 is 53.3 Å². The molecule has 0 saturated carbocycles. The zero-order valence-corrected chi connectivity index (χ0v) is 25.5. The molecule has 2 heterocycles. The summed E-state index contributed by atoms with van der Waals surface area (Å²) < 4.78 is 2.05. The molecule has 6 nitrogen and oxygen atoms in total. The lowest BCUT2D eigenvalue weighted by Gasteiger charge is -2.01. The Bertz CT molecular complexity index is 2490. The third kappa shape index (κ3) is 4.05. The Balaban J connectivity index is 1.33. The van der Waals surface area contributed by atoms with Crippen LogP contribution in [-0.4, -0.2) is 0 Å². The largest absolute Gasteiger partial charge is 0.287 e. The molecule has 43 heavy (non-hydrogen) atoms. The van der Waals surface area contributed by atoms with Gasteiger partial charge in [-0.2, -0.15) is 0 Å². The Labute approximate surface area is 251 Å². The summed E-state index contributed by atoms with van der Waals surface area (Å²) in [4.78, 5) is 60.3. The van der Waals surface area contributed by atoms with Gasteiger partial charge in [-0.05, 0) is 104 Å². The highest BCUT2D eigenvalue weighted by Gasteiger charge is 2.22. The van der Waals surface area contributed by atoms with Gasteiger partial charge in [0.1, 0.15) is 10.0 Å². The van der Waals surface area contributed by atoms with Crippen molar-refractivity contribution >= 4 is 77.2 Å². The zero-order valence-electron chi connectivity index (χ0n) is 23.8. The monoisotopic (exact) mass is 600 g/mol. The first-order chi connectivity index (χ1) is 20.8. The number of fused-ring (bicyclic) bond motifs is 5. The molecule has 0 N–H and O–H groups in total. The molecule has 0 fully saturated rings. The van der Waals surface area contributed by atoms with E-state index in [-0.39, 0.29) is 32.4 Å². The van der Waals surface area contributed by atoms with E-state index >= 15 is 0 Å². The van der Waals surface area contributed by atoms with Crippen LogP contribution in [0.1, 0.15) is 38.8 Å². The van der Waals surface area contributed by atoms with Gasteiger partial charge in [0, 0.05) is 30.3 Å². The second-order valence-electron chi connectivity index (χ2n) is 10.5. The number of thiophene rings is 2. The van der Waals surface area contributed by atoms with Gasteiger partial charge in [-0.15, -0.1) is 22.7 Å². The van der Waals surface area contributed by atoms with Gasteiger partial charge in [0.05, 0.1) is 0 Å². The Hall–Kier alpha value is -4.66. The van der Waals surface area contributed by atoms with Crippen LogP contribution in [0, 0.1) is 0 Å². The molecule has 0 bridgehead atoms. The van der Waals surface area contributed by atoms with E-state index in [1.165, 1.54) is 33.8 Å². The minimum atomic E-state index is -0.329. The maximum absolute atomic E-state index is 12.8. The molecule has 0 atom stereocenters. The van der Waals surface area contributed by atoms with Crippen molar-refractivity contribution in [1.29, 1.82) is 0 Å². The number of nitrogens with zero attached hydrogens (tertiary/aromatic N) is 2. The first-order valence-corrected chi connectivity index (χ1v) is 15.5. The summed E-state index contributed by atoms with van der Waals surface area (Å²) in [6.45, 7) is 7.00. The SMILES string of the molecule is C/C=c1/c(=O)c(=Nc2cc3cc4c(cc3s2)-c2cc3sc(N=c5c(=O)c(=C/C)/c(=C\C)c5=O)cc3cc2C4)c(=O)/c1=C/C. The summed E-state index contributed by atoms with van der Waals surface area (Å²) in [6.07, 6.45) is 7.43. The van der Waals surface area contributed by atoms with Crippen molar-refractivity contribution in [3.63, 3.8) is 0 Å². The predicted octanol–water partition coefficient (Wildman–Crippen LogP) is 2.55. The highest BCUT2D eigenvalue weighted by atomic mass is 32.1. The Morgan fingerprint density at radius 1 is 0.535 bits per heavy atom. The average molecular weight is 601 g/mol. The van der Waals surface area contributed by atoms with E-state index in [1.54, 1.807) is 52.0 Å². The number of hydrogen-bond donors (Lipinski definition) is 0. The fraction of sp³-hybridized carbons (Fsp3) is 0.143. The zero-order chi connectivity index (χ0) is 30.2. The minimum absolute atomic E-state index is 0.0324. The molecule has 0 amide bonds. The molecule has 210 valence electrons. The molecule has 1 aliphatic carbocycles. The fourth-order valence-corrected chi connectivity index (χ4v) is 8.05. The molecule has 0 radical (unpaired) electrons. The van der Waals surface area contributed by atoms with Crippen molar-refractivity contribution < 1.29 is 0 Å². The predicted molar refractivity (Wildman–Crippen MR) is 178 cm³/mol. The van der Waals surface area contributed by atoms with Gasteiger partial charge in [0.15, 0.2) is 10.7 Å². The van der Waals surface area contributed by atoms with Crippen molar-refractivity contribution in [2.45, 2.75) is 34.1 Å². The lowest BCUT2D eigenvalue weighted by molar-refractivity contribution is 1.28. The second kappa shape index (κ2) is 9.97. The first kappa shape index (κ1) is 27.2. The highest BCUT2D eigenvalue weighted by molar-refractivity contribution is 7.23. The summed E-state index contributed by atoms with van der Waals surface area (Å²) in [5.41, 5.74) is 3.38. The molecule has 8 heteroatoms. The summed E-state index contributed by atoms with van der Waals surface area (Å²) >= 11 is 2.91. The number of rotatable bonds is 2. The van der Waals surface area contributed by atoms with E-state index in [0.29, 0.717) is 30.9 Å². The van der Waals surface area contributed by atoms with Gasteiger partial charge in [-0.25, -0.2) is 9.98 Å². The van der Waals surface area contributed by atoms with Crippen molar-refractivity contribution in [2.24, 2.45) is 9.98 Å². The Morgan fingerprint density at radius 2 is 0.884 bits per heavy atom. The molecule has 7 rings (SSSR count). The van der Waals surface area contributed by atoms with Crippen molar-refractivity contribution in [3.05, 3.63) is 120 Å². The summed E-state index contributed by atoms with van der Waals surface area (Å²) in [5.74, 6) is 0. The average Bonchev–Trinajstić information content (AvgIpc) is 3.76. The number of hydrogen-bond acceptors (Lipinski definition) is 8. The van der Waals surface area contributed by atoms with Gasteiger partial charge in [0.2, 0.25) is 21.7 Å². The van der Waals surface area contributed by atoms with Gasteiger partial charge in [0.25, 0.3) is 0 Å². The van der Waals surface area contributed by atoms with Crippen LogP contribution in [-0.2, 0) is 6.42 Å². The normalized spacial score (nSPS) is 14.4. The second-order valence-corrected chi connectivity index (χ2v) is 12.6. The van der Waals surface area contributed by atoms with E-state index in [2.05, 4.69) is 34.3 Å². The van der Waals surface area contributed by atoms with Crippen molar-refractivity contribution in [3.8, 4) is 11.1 Å². The molecular weight excluding hydrogens is 577 g/mol. The van der Waals surface area contributed by atoms with Crippen LogP contribution in [0.25, 0.3) is 55.6 Å². The quantitative estimate of drug-likeness (QED) is 0.305. The summed E-state index contributed by atoms with van der Waals surface area (Å²) in [5, 5.41) is 4.86. The molecule has 0 spiro atoms. The number of benzene rings is 2. The van der Waals surface area contributed by atoms with Crippen LogP contribution in [0.4, 0.5) is 10.0 Å². The standard InChI is InChI=1S/C35H24N2O4S2/c1-5-20-21(6-2)33(39)30(32(20)38)36-28-12-18-10-16-9-17-11-19-13-29(37-31-34(40)22(7-3)23(8-4)35(31)41)43-27(19)15-25(17)24(16)14-26(18)42-28/h5-8,10-15H,9H2,1-4H3/b20-5+,21-6+,22-7+,23-8+. The first-order valence-electron chi connectivity index (χ1n) is 13.9. The van der Waals surface area contributed by atoms with E-state index in [1.807, 2.05) is 12.1 Å². The minimum Gasteiger partial charge on any atom is -0.287 e. The van der Waals surface area contributed by atoms with Crippen LogP contribution in [0.2, 0.25) is 0 Å². The highest BCUT2D eigenvalue weighted by Crippen LogP contribution is 2.45. The van der Waals surface area contributed by atoms with Crippen LogP contribution >= 0.6 is 22.7 Å². The van der Waals surface area contributed by atoms with Crippen LogP contribution in [0.3, 0.4) is 0 Å². The van der Waals surface area contributed by atoms with E-state index in [0.717, 1.165) is 37.7 Å². The molecule has 2 aromatic heterocycles.